The first kappa shape index (κ1) is 27.2. The highest BCUT2D eigenvalue weighted by Gasteiger charge is 2.24. The molecule has 0 aliphatic carbocycles. The topological polar surface area (TPSA) is 145 Å². The molecule has 4 aromatic carbocycles. The Hall–Kier alpha value is -4.89. The van der Waals surface area contributed by atoms with Crippen molar-refractivity contribution in [3.05, 3.63) is 112 Å². The summed E-state index contributed by atoms with van der Waals surface area (Å²) in [5.41, 5.74) is 1.23. The maximum Gasteiger partial charge on any atom is 0.328 e. The number of hydrogen-bond donors (Lipinski definition) is 5. The maximum absolute atomic E-state index is 12.8. The van der Waals surface area contributed by atoms with Gasteiger partial charge in [-0.3, -0.25) is 14.4 Å². The summed E-state index contributed by atoms with van der Waals surface area (Å²) in [5, 5.41) is 28.3. The van der Waals surface area contributed by atoms with Gasteiger partial charge in [0, 0.05) is 24.2 Å². The van der Waals surface area contributed by atoms with Gasteiger partial charge in [-0.25, -0.2) is 4.79 Å². The number of halogens is 1. The lowest BCUT2D eigenvalue weighted by Gasteiger charge is -2.16. The summed E-state index contributed by atoms with van der Waals surface area (Å²) in [5.74, 6) is -2.98. The molecular weight excluding hydrogens is 522 g/mol. The fraction of sp³-hybridized carbons (Fsp3) is 0.103. The molecule has 3 amide bonds. The Morgan fingerprint density at radius 3 is 2.26 bits per heavy atom. The van der Waals surface area contributed by atoms with E-state index in [2.05, 4.69) is 16.0 Å². The van der Waals surface area contributed by atoms with E-state index in [1.807, 2.05) is 18.2 Å². The number of phenols is 1. The third-order valence-corrected chi connectivity index (χ3v) is 6.26. The molecule has 0 saturated heterocycles. The molecule has 0 aromatic heterocycles. The van der Waals surface area contributed by atoms with Gasteiger partial charge in [0.2, 0.25) is 0 Å². The molecule has 4 rings (SSSR count). The van der Waals surface area contributed by atoms with Crippen molar-refractivity contribution in [2.75, 3.05) is 6.54 Å². The summed E-state index contributed by atoms with van der Waals surface area (Å²) in [6.07, 6.45) is 0. The molecule has 10 heteroatoms. The first-order valence-corrected chi connectivity index (χ1v) is 12.3. The van der Waals surface area contributed by atoms with Crippen LogP contribution in [0.1, 0.15) is 36.6 Å². The van der Waals surface area contributed by atoms with Crippen molar-refractivity contribution < 1.29 is 29.4 Å². The summed E-state index contributed by atoms with van der Waals surface area (Å²) in [7, 11) is 0. The van der Waals surface area contributed by atoms with Crippen LogP contribution in [0.3, 0.4) is 0 Å². The molecule has 4 aromatic rings. The number of phenolic OH excluding ortho intramolecular Hbond substituents is 1. The molecule has 0 unspecified atom stereocenters. The van der Waals surface area contributed by atoms with E-state index in [1.54, 1.807) is 36.4 Å². The van der Waals surface area contributed by atoms with Gasteiger partial charge in [0.25, 0.3) is 17.7 Å². The Labute approximate surface area is 228 Å². The number of fused-ring (bicyclic) bond motifs is 1. The van der Waals surface area contributed by atoms with Crippen LogP contribution in [-0.2, 0) is 11.3 Å². The Morgan fingerprint density at radius 2 is 1.51 bits per heavy atom. The molecule has 0 bridgehead atoms. The first-order chi connectivity index (χ1) is 18.7. The zero-order valence-electron chi connectivity index (χ0n) is 20.5. The zero-order chi connectivity index (χ0) is 27.9. The van der Waals surface area contributed by atoms with Crippen LogP contribution in [0.4, 0.5) is 0 Å². The number of carbonyl (C=O) groups excluding carboxylic acids is 3. The fourth-order valence-corrected chi connectivity index (χ4v) is 4.21. The molecule has 0 heterocycles. The molecule has 0 fully saturated rings. The van der Waals surface area contributed by atoms with E-state index in [1.165, 1.54) is 30.3 Å². The van der Waals surface area contributed by atoms with Crippen molar-refractivity contribution in [3.8, 4) is 5.75 Å². The van der Waals surface area contributed by atoms with Crippen LogP contribution in [-0.4, -0.2) is 46.5 Å². The van der Waals surface area contributed by atoms with Crippen molar-refractivity contribution in [1.82, 2.24) is 16.0 Å². The summed E-state index contributed by atoms with van der Waals surface area (Å²) in [6.45, 7) is -0.200. The molecule has 9 nitrogen and oxygen atoms in total. The molecule has 0 spiro atoms. The standard InChI is InChI=1S/C29H24ClN3O6/c30-24-14-19(26(35)31-15-17-5-3-8-20(34)13-17)11-12-23(24)28(37)33-25(29(38)39)16-32-27(36)22-10-4-7-18-6-1-2-9-21(18)22/h1-14,25,34H,15-16H2,(H,31,35)(H,32,36)(H,33,37)(H,38,39)/t25-/m0/s1. The highest BCUT2D eigenvalue weighted by atomic mass is 35.5. The second-order valence-corrected chi connectivity index (χ2v) is 9.06. The predicted molar refractivity (Wildman–Crippen MR) is 146 cm³/mol. The van der Waals surface area contributed by atoms with E-state index in [0.717, 1.165) is 5.39 Å². The molecule has 0 aliphatic rings. The van der Waals surface area contributed by atoms with Gasteiger partial charge in [-0.15, -0.1) is 0 Å². The Balaban J connectivity index is 1.38. The smallest absolute Gasteiger partial charge is 0.328 e. The third-order valence-electron chi connectivity index (χ3n) is 5.94. The third kappa shape index (κ3) is 6.71. The van der Waals surface area contributed by atoms with Crippen LogP contribution in [0.25, 0.3) is 10.8 Å². The van der Waals surface area contributed by atoms with Crippen LogP contribution < -0.4 is 16.0 Å². The predicted octanol–water partition coefficient (Wildman–Crippen LogP) is 3.74. The Bertz CT molecular complexity index is 1570. The molecular formula is C29H24ClN3O6. The monoisotopic (exact) mass is 545 g/mol. The van der Waals surface area contributed by atoms with Gasteiger partial charge in [-0.05, 0) is 52.7 Å². The number of hydrogen-bond acceptors (Lipinski definition) is 5. The summed E-state index contributed by atoms with van der Waals surface area (Å²) in [4.78, 5) is 49.9. The van der Waals surface area contributed by atoms with E-state index >= 15 is 0 Å². The van der Waals surface area contributed by atoms with Crippen LogP contribution >= 0.6 is 11.6 Å². The molecule has 5 N–H and O–H groups in total. The number of carboxylic acid groups (broad SMARTS) is 1. The van der Waals surface area contributed by atoms with Crippen LogP contribution in [0.15, 0.2) is 84.9 Å². The average Bonchev–Trinajstić information content (AvgIpc) is 2.93. The number of amides is 3. The Kier molecular flexibility index (Phi) is 8.43. The van der Waals surface area contributed by atoms with Gasteiger partial charge in [-0.2, -0.15) is 0 Å². The number of aromatic hydroxyl groups is 1. The normalized spacial score (nSPS) is 11.4. The number of benzene rings is 4. The van der Waals surface area contributed by atoms with Crippen molar-refractivity contribution >= 4 is 46.1 Å². The molecule has 0 radical (unpaired) electrons. The van der Waals surface area contributed by atoms with Gasteiger partial charge < -0.3 is 26.2 Å². The number of aliphatic carboxylic acids is 1. The van der Waals surface area contributed by atoms with Gasteiger partial charge in [0.15, 0.2) is 0 Å². The highest BCUT2D eigenvalue weighted by Crippen LogP contribution is 2.20. The molecule has 39 heavy (non-hydrogen) atoms. The van der Waals surface area contributed by atoms with E-state index in [4.69, 9.17) is 11.6 Å². The number of nitrogens with one attached hydrogen (secondary N) is 3. The zero-order valence-corrected chi connectivity index (χ0v) is 21.2. The number of carbonyl (C=O) groups is 4. The van der Waals surface area contributed by atoms with E-state index in [-0.39, 0.29) is 35.0 Å². The average molecular weight is 546 g/mol. The van der Waals surface area contributed by atoms with Crippen LogP contribution in [0.5, 0.6) is 5.75 Å². The molecule has 0 aliphatic heterocycles. The number of carboxylic acids is 1. The SMILES string of the molecule is O=C(NCc1cccc(O)c1)c1ccc(C(=O)N[C@@H](CNC(=O)c2cccc3ccccc23)C(=O)O)c(Cl)c1. The van der Waals surface area contributed by atoms with Crippen molar-refractivity contribution in [2.45, 2.75) is 12.6 Å². The van der Waals surface area contributed by atoms with Gasteiger partial charge in [-0.1, -0.05) is 60.1 Å². The van der Waals surface area contributed by atoms with Crippen LogP contribution in [0.2, 0.25) is 5.02 Å². The van der Waals surface area contributed by atoms with Gasteiger partial charge in [0.1, 0.15) is 11.8 Å². The summed E-state index contributed by atoms with van der Waals surface area (Å²) >= 11 is 6.24. The number of rotatable bonds is 9. The minimum atomic E-state index is -1.43. The molecule has 198 valence electrons. The quantitative estimate of drug-likeness (QED) is 0.217. The Morgan fingerprint density at radius 1 is 0.769 bits per heavy atom. The lowest BCUT2D eigenvalue weighted by molar-refractivity contribution is -0.139. The van der Waals surface area contributed by atoms with E-state index in [0.29, 0.717) is 16.5 Å². The van der Waals surface area contributed by atoms with E-state index in [9.17, 15) is 29.4 Å². The molecule has 0 saturated carbocycles. The lowest BCUT2D eigenvalue weighted by atomic mass is 10.0. The highest BCUT2D eigenvalue weighted by molar-refractivity contribution is 6.34. The fourth-order valence-electron chi connectivity index (χ4n) is 3.94. The largest absolute Gasteiger partial charge is 0.508 e. The van der Waals surface area contributed by atoms with Gasteiger partial charge in [0.05, 0.1) is 10.6 Å². The first-order valence-electron chi connectivity index (χ1n) is 11.9. The van der Waals surface area contributed by atoms with Crippen LogP contribution in [0, 0.1) is 0 Å². The van der Waals surface area contributed by atoms with Crippen molar-refractivity contribution in [2.24, 2.45) is 0 Å². The minimum Gasteiger partial charge on any atom is -0.508 e. The van der Waals surface area contributed by atoms with Gasteiger partial charge >= 0.3 is 5.97 Å². The summed E-state index contributed by atoms with van der Waals surface area (Å²) in [6, 6.07) is 21.5. The minimum absolute atomic E-state index is 0.0344. The maximum atomic E-state index is 12.8. The van der Waals surface area contributed by atoms with E-state index < -0.39 is 29.7 Å². The molecule has 1 atom stereocenters. The van der Waals surface area contributed by atoms with Crippen molar-refractivity contribution in [1.29, 1.82) is 0 Å². The summed E-state index contributed by atoms with van der Waals surface area (Å²) < 4.78 is 0. The second-order valence-electron chi connectivity index (χ2n) is 8.65. The second kappa shape index (κ2) is 12.1. The lowest BCUT2D eigenvalue weighted by Crippen LogP contribution is -2.48. The van der Waals surface area contributed by atoms with Crippen molar-refractivity contribution in [3.63, 3.8) is 0 Å².